The molecule has 14 heavy (non-hydrogen) atoms. The second-order valence-corrected chi connectivity index (χ2v) is 4.58. The molecule has 6 heteroatoms. The zero-order valence-electron chi connectivity index (χ0n) is 6.75. The van der Waals surface area contributed by atoms with Gasteiger partial charge in [0.15, 0.2) is 0 Å². The fourth-order valence-corrected chi connectivity index (χ4v) is 1.69. The van der Waals surface area contributed by atoms with Gasteiger partial charge in [-0.25, -0.2) is 0 Å². The summed E-state index contributed by atoms with van der Waals surface area (Å²) in [5, 5.41) is 1.15. The molecule has 0 heterocycles. The SMILES string of the molecule is O=S(=O)(F)/C=C/c1cc(Cl)cc(Cl)c1. The van der Waals surface area contributed by atoms with Gasteiger partial charge in [-0.05, 0) is 29.8 Å². The molecule has 0 aliphatic rings. The minimum atomic E-state index is -4.61. The van der Waals surface area contributed by atoms with Crippen molar-refractivity contribution >= 4 is 39.5 Å². The van der Waals surface area contributed by atoms with Crippen molar-refractivity contribution in [2.45, 2.75) is 0 Å². The molecule has 0 radical (unpaired) electrons. The third-order valence-electron chi connectivity index (χ3n) is 1.31. The van der Waals surface area contributed by atoms with Crippen molar-refractivity contribution in [2.24, 2.45) is 0 Å². The maximum Gasteiger partial charge on any atom is 0.325 e. The Labute approximate surface area is 91.2 Å². The van der Waals surface area contributed by atoms with Gasteiger partial charge in [0.1, 0.15) is 0 Å². The van der Waals surface area contributed by atoms with Crippen LogP contribution in [0.25, 0.3) is 6.08 Å². The van der Waals surface area contributed by atoms with Gasteiger partial charge in [-0.3, -0.25) is 0 Å². The fourth-order valence-electron chi connectivity index (χ4n) is 0.831. The molecule has 0 N–H and O–H groups in total. The molecule has 1 rings (SSSR count). The lowest BCUT2D eigenvalue weighted by Crippen LogP contribution is -1.81. The van der Waals surface area contributed by atoms with E-state index in [1.165, 1.54) is 18.2 Å². The van der Waals surface area contributed by atoms with Gasteiger partial charge in [0.25, 0.3) is 0 Å². The predicted molar refractivity (Wildman–Crippen MR) is 55.5 cm³/mol. The maximum atomic E-state index is 12.1. The highest BCUT2D eigenvalue weighted by Crippen LogP contribution is 2.20. The first-order valence-corrected chi connectivity index (χ1v) is 5.66. The molecule has 0 bridgehead atoms. The molecule has 0 aromatic heterocycles. The molecule has 0 saturated carbocycles. The van der Waals surface area contributed by atoms with E-state index in [1.807, 2.05) is 0 Å². The molecule has 0 aliphatic carbocycles. The van der Waals surface area contributed by atoms with E-state index < -0.39 is 10.2 Å². The molecule has 2 nitrogen and oxygen atoms in total. The molecule has 0 unspecified atom stereocenters. The molecule has 0 aliphatic heterocycles. The van der Waals surface area contributed by atoms with Crippen LogP contribution in [-0.2, 0) is 10.2 Å². The Morgan fingerprint density at radius 2 is 1.64 bits per heavy atom. The molecule has 0 fully saturated rings. The Hall–Kier alpha value is -0.580. The van der Waals surface area contributed by atoms with Gasteiger partial charge in [-0.15, -0.1) is 3.89 Å². The van der Waals surface area contributed by atoms with Crippen molar-refractivity contribution in [1.82, 2.24) is 0 Å². The number of benzene rings is 1. The summed E-state index contributed by atoms with van der Waals surface area (Å²) in [6, 6.07) is 4.43. The Morgan fingerprint density at radius 1 is 1.14 bits per heavy atom. The van der Waals surface area contributed by atoms with Crippen LogP contribution in [0.1, 0.15) is 5.56 Å². The van der Waals surface area contributed by atoms with E-state index in [-0.39, 0.29) is 0 Å². The molecule has 0 spiro atoms. The van der Waals surface area contributed by atoms with E-state index >= 15 is 0 Å². The van der Waals surface area contributed by atoms with Crippen LogP contribution in [0, 0.1) is 0 Å². The van der Waals surface area contributed by atoms with Gasteiger partial charge in [-0.1, -0.05) is 23.2 Å². The van der Waals surface area contributed by atoms with E-state index in [1.54, 1.807) is 0 Å². The van der Waals surface area contributed by atoms with Crippen LogP contribution in [0.4, 0.5) is 3.89 Å². The Bertz CT molecular complexity index is 448. The maximum absolute atomic E-state index is 12.1. The summed E-state index contributed by atoms with van der Waals surface area (Å²) in [7, 11) is -4.61. The normalized spacial score (nSPS) is 12.2. The van der Waals surface area contributed by atoms with Gasteiger partial charge in [0.2, 0.25) is 0 Å². The van der Waals surface area contributed by atoms with Gasteiger partial charge < -0.3 is 0 Å². The highest BCUT2D eigenvalue weighted by Gasteiger charge is 2.00. The van der Waals surface area contributed by atoms with Gasteiger partial charge >= 0.3 is 10.2 Å². The number of hydrogen-bond acceptors (Lipinski definition) is 2. The van der Waals surface area contributed by atoms with Gasteiger partial charge in [0, 0.05) is 10.0 Å². The molecular formula is C8H5Cl2FO2S. The van der Waals surface area contributed by atoms with Gasteiger partial charge in [-0.2, -0.15) is 8.42 Å². The highest BCUT2D eigenvalue weighted by atomic mass is 35.5. The van der Waals surface area contributed by atoms with E-state index in [0.29, 0.717) is 21.0 Å². The van der Waals surface area contributed by atoms with Crippen LogP contribution in [0.15, 0.2) is 23.6 Å². The third-order valence-corrected chi connectivity index (χ3v) is 2.21. The van der Waals surface area contributed by atoms with Crippen molar-refractivity contribution in [3.05, 3.63) is 39.2 Å². The lowest BCUT2D eigenvalue weighted by molar-refractivity contribution is 0.563. The zero-order chi connectivity index (χ0) is 10.8. The predicted octanol–water partition coefficient (Wildman–Crippen LogP) is 3.26. The first-order valence-electron chi connectivity index (χ1n) is 3.46. The zero-order valence-corrected chi connectivity index (χ0v) is 9.07. The van der Waals surface area contributed by atoms with Crippen molar-refractivity contribution in [2.75, 3.05) is 0 Å². The molecule has 0 saturated heterocycles. The monoisotopic (exact) mass is 254 g/mol. The highest BCUT2D eigenvalue weighted by molar-refractivity contribution is 7.89. The molecule has 1 aromatic rings. The minimum Gasteiger partial charge on any atom is -0.190 e. The van der Waals surface area contributed by atoms with Crippen molar-refractivity contribution in [3.8, 4) is 0 Å². The largest absolute Gasteiger partial charge is 0.325 e. The fraction of sp³-hybridized carbons (Fsp3) is 0. The van der Waals surface area contributed by atoms with Crippen molar-refractivity contribution in [1.29, 1.82) is 0 Å². The number of rotatable bonds is 2. The summed E-state index contributed by atoms with van der Waals surface area (Å²) >= 11 is 11.3. The lowest BCUT2D eigenvalue weighted by Gasteiger charge is -1.95. The molecule has 0 atom stereocenters. The molecular weight excluding hydrogens is 250 g/mol. The van der Waals surface area contributed by atoms with Crippen molar-refractivity contribution in [3.63, 3.8) is 0 Å². The van der Waals surface area contributed by atoms with Crippen molar-refractivity contribution < 1.29 is 12.3 Å². The Balaban J connectivity index is 3.04. The number of hydrogen-bond donors (Lipinski definition) is 0. The number of halogens is 3. The Morgan fingerprint density at radius 3 is 2.07 bits per heavy atom. The summed E-state index contributed by atoms with van der Waals surface area (Å²) < 4.78 is 32.4. The van der Waals surface area contributed by atoms with Crippen LogP contribution in [-0.4, -0.2) is 8.42 Å². The Kier molecular flexibility index (Phi) is 3.53. The summed E-state index contributed by atoms with van der Waals surface area (Å²) in [4.78, 5) is 0. The van der Waals surface area contributed by atoms with E-state index in [2.05, 4.69) is 0 Å². The van der Waals surface area contributed by atoms with E-state index in [4.69, 9.17) is 23.2 Å². The first-order chi connectivity index (χ1) is 6.37. The summed E-state index contributed by atoms with van der Waals surface area (Å²) in [5.41, 5.74) is 0.420. The van der Waals surface area contributed by atoms with E-state index in [9.17, 15) is 12.3 Å². The summed E-state index contributed by atoms with van der Waals surface area (Å²) in [6.45, 7) is 0. The minimum absolute atomic E-state index is 0.355. The molecule has 0 amide bonds. The van der Waals surface area contributed by atoms with Crippen LogP contribution in [0.2, 0.25) is 10.0 Å². The second kappa shape index (κ2) is 4.29. The lowest BCUT2D eigenvalue weighted by atomic mass is 10.2. The first kappa shape index (κ1) is 11.5. The summed E-state index contributed by atoms with van der Waals surface area (Å²) in [5.74, 6) is 0. The smallest absolute Gasteiger partial charge is 0.190 e. The summed E-state index contributed by atoms with van der Waals surface area (Å²) in [6.07, 6.45) is 1.08. The van der Waals surface area contributed by atoms with Gasteiger partial charge in [0.05, 0.1) is 5.41 Å². The second-order valence-electron chi connectivity index (χ2n) is 2.48. The van der Waals surface area contributed by atoms with Crippen LogP contribution in [0.5, 0.6) is 0 Å². The quantitative estimate of drug-likeness (QED) is 0.760. The van der Waals surface area contributed by atoms with Crippen LogP contribution < -0.4 is 0 Å². The molecule has 1 aromatic carbocycles. The molecule has 76 valence electrons. The average molecular weight is 255 g/mol. The average Bonchev–Trinajstić information content (AvgIpc) is 1.97. The topological polar surface area (TPSA) is 34.1 Å². The standard InChI is InChI=1S/C8H5Cl2FO2S/c9-7-3-6(4-8(10)5-7)1-2-14(11,12)13/h1-5H/b2-1+. The third kappa shape index (κ3) is 4.09. The van der Waals surface area contributed by atoms with Crippen LogP contribution in [0.3, 0.4) is 0 Å². The van der Waals surface area contributed by atoms with E-state index in [0.717, 1.165) is 6.08 Å². The van der Waals surface area contributed by atoms with Crippen LogP contribution >= 0.6 is 23.2 Å².